The predicted octanol–water partition coefficient (Wildman–Crippen LogP) is 4.18. The van der Waals surface area contributed by atoms with E-state index in [1.165, 1.54) is 11.8 Å². The van der Waals surface area contributed by atoms with E-state index in [4.69, 9.17) is 0 Å². The number of carbonyl (C=O) groups is 1. The molecule has 0 radical (unpaired) electrons. The number of benzene rings is 2. The summed E-state index contributed by atoms with van der Waals surface area (Å²) in [6, 6.07) is 17.5. The summed E-state index contributed by atoms with van der Waals surface area (Å²) in [5.41, 5.74) is 0.802. The molecule has 0 spiro atoms. The first-order chi connectivity index (χ1) is 8.75. The van der Waals surface area contributed by atoms with E-state index < -0.39 is 0 Å². The van der Waals surface area contributed by atoms with Crippen LogP contribution < -0.4 is 5.32 Å². The summed E-state index contributed by atoms with van der Waals surface area (Å²) in [6.45, 7) is 0. The number of para-hydroxylation sites is 1. The third kappa shape index (κ3) is 3.89. The molecule has 0 aliphatic heterocycles. The molecule has 0 aliphatic rings. The molecule has 0 bridgehead atoms. The van der Waals surface area contributed by atoms with Crippen LogP contribution in [0.25, 0.3) is 0 Å². The van der Waals surface area contributed by atoms with Crippen molar-refractivity contribution < 1.29 is 4.79 Å². The molecule has 0 saturated carbocycles. The van der Waals surface area contributed by atoms with Crippen LogP contribution in [0.1, 0.15) is 0 Å². The number of carbonyl (C=O) groups excluding carboxylic acids is 1. The lowest BCUT2D eigenvalue weighted by molar-refractivity contribution is -0.113. The van der Waals surface area contributed by atoms with Crippen LogP contribution in [0.3, 0.4) is 0 Å². The highest BCUT2D eigenvalue weighted by Gasteiger charge is 2.05. The quantitative estimate of drug-likeness (QED) is 0.856. The summed E-state index contributed by atoms with van der Waals surface area (Å²) < 4.78 is 0.892. The second-order valence-corrected chi connectivity index (χ2v) is 5.53. The molecule has 0 heterocycles. The highest BCUT2D eigenvalue weighted by Crippen LogP contribution is 2.22. The molecule has 4 heteroatoms. The van der Waals surface area contributed by atoms with Crippen molar-refractivity contribution in [2.45, 2.75) is 4.90 Å². The van der Waals surface area contributed by atoms with Crippen LogP contribution in [-0.2, 0) is 4.79 Å². The maximum atomic E-state index is 11.8. The molecule has 2 aromatic carbocycles. The van der Waals surface area contributed by atoms with Crippen molar-refractivity contribution in [3.63, 3.8) is 0 Å². The Morgan fingerprint density at radius 3 is 2.44 bits per heavy atom. The number of hydrogen-bond donors (Lipinski definition) is 1. The number of halogens is 1. The average molecular weight is 322 g/mol. The van der Waals surface area contributed by atoms with Crippen LogP contribution in [-0.4, -0.2) is 11.7 Å². The lowest BCUT2D eigenvalue weighted by Gasteiger charge is -2.06. The van der Waals surface area contributed by atoms with Crippen LogP contribution in [0.5, 0.6) is 0 Å². The Morgan fingerprint density at radius 2 is 1.72 bits per heavy atom. The van der Waals surface area contributed by atoms with Crippen molar-refractivity contribution in [3.05, 3.63) is 59.1 Å². The molecule has 1 amide bonds. The molecular formula is C14H12BrNOS. The van der Waals surface area contributed by atoms with Gasteiger partial charge in [-0.15, -0.1) is 11.8 Å². The molecule has 0 fully saturated rings. The van der Waals surface area contributed by atoms with Gasteiger partial charge in [0, 0.05) is 9.37 Å². The van der Waals surface area contributed by atoms with Gasteiger partial charge in [-0.3, -0.25) is 4.79 Å². The summed E-state index contributed by atoms with van der Waals surface area (Å²) in [5.74, 6) is 0.404. The minimum Gasteiger partial charge on any atom is -0.324 e. The van der Waals surface area contributed by atoms with Gasteiger partial charge in [-0.25, -0.2) is 0 Å². The van der Waals surface area contributed by atoms with E-state index in [2.05, 4.69) is 21.2 Å². The summed E-state index contributed by atoms with van der Waals surface area (Å²) in [5, 5.41) is 2.87. The molecule has 0 atom stereocenters. The zero-order chi connectivity index (χ0) is 12.8. The monoisotopic (exact) mass is 321 g/mol. The zero-order valence-corrected chi connectivity index (χ0v) is 12.0. The topological polar surface area (TPSA) is 29.1 Å². The van der Waals surface area contributed by atoms with Gasteiger partial charge in [0.25, 0.3) is 0 Å². The van der Waals surface area contributed by atoms with Crippen LogP contribution in [0.2, 0.25) is 0 Å². The summed E-state index contributed by atoms with van der Waals surface area (Å²) >= 11 is 4.93. The second kappa shape index (κ2) is 6.61. The maximum Gasteiger partial charge on any atom is 0.234 e. The number of hydrogen-bond acceptors (Lipinski definition) is 2. The van der Waals surface area contributed by atoms with Gasteiger partial charge in [0.2, 0.25) is 5.91 Å². The molecule has 0 aliphatic carbocycles. The van der Waals surface area contributed by atoms with E-state index in [0.717, 1.165) is 15.1 Å². The Balaban J connectivity index is 1.88. The van der Waals surface area contributed by atoms with Gasteiger partial charge in [0.15, 0.2) is 0 Å². The third-order valence-corrected chi connectivity index (χ3v) is 3.96. The number of thioether (sulfide) groups is 1. The molecule has 1 N–H and O–H groups in total. The number of anilines is 1. The summed E-state index contributed by atoms with van der Waals surface area (Å²) in [4.78, 5) is 12.9. The minimum atomic E-state index is -0.00393. The lowest BCUT2D eigenvalue weighted by atomic mass is 10.3. The Labute approximate surface area is 119 Å². The molecule has 2 nitrogen and oxygen atoms in total. The molecule has 18 heavy (non-hydrogen) atoms. The van der Waals surface area contributed by atoms with E-state index in [-0.39, 0.29) is 5.91 Å². The molecule has 2 aromatic rings. The molecule has 92 valence electrons. The third-order valence-electron chi connectivity index (χ3n) is 2.26. The van der Waals surface area contributed by atoms with E-state index in [1.54, 1.807) is 0 Å². The van der Waals surface area contributed by atoms with Gasteiger partial charge in [-0.05, 0) is 40.2 Å². The van der Waals surface area contributed by atoms with E-state index >= 15 is 0 Å². The van der Waals surface area contributed by atoms with Crippen LogP contribution >= 0.6 is 27.7 Å². The smallest absolute Gasteiger partial charge is 0.234 e. The standard InChI is InChI=1S/C14H12BrNOS/c15-12-8-4-5-9-13(12)16-14(17)10-18-11-6-2-1-3-7-11/h1-9H,10H2,(H,16,17). The highest BCUT2D eigenvalue weighted by molar-refractivity contribution is 9.10. The van der Waals surface area contributed by atoms with Crippen molar-refractivity contribution in [1.82, 2.24) is 0 Å². The van der Waals surface area contributed by atoms with Crippen molar-refractivity contribution >= 4 is 39.3 Å². The summed E-state index contributed by atoms with van der Waals surface area (Å²) in [6.07, 6.45) is 0. The lowest BCUT2D eigenvalue weighted by Crippen LogP contribution is -2.14. The number of nitrogens with one attached hydrogen (secondary N) is 1. The first-order valence-electron chi connectivity index (χ1n) is 5.48. The summed E-state index contributed by atoms with van der Waals surface area (Å²) in [7, 11) is 0. The normalized spacial score (nSPS) is 10.1. The van der Waals surface area contributed by atoms with Gasteiger partial charge < -0.3 is 5.32 Å². The number of rotatable bonds is 4. The Bertz CT molecular complexity index is 530. The van der Waals surface area contributed by atoms with Gasteiger partial charge >= 0.3 is 0 Å². The van der Waals surface area contributed by atoms with Gasteiger partial charge in [-0.1, -0.05) is 30.3 Å². The number of amides is 1. The first kappa shape index (κ1) is 13.2. The highest BCUT2D eigenvalue weighted by atomic mass is 79.9. The van der Waals surface area contributed by atoms with E-state index in [0.29, 0.717) is 5.75 Å². The molecule has 0 saturated heterocycles. The maximum absolute atomic E-state index is 11.8. The van der Waals surface area contributed by atoms with Crippen LogP contribution in [0.4, 0.5) is 5.69 Å². The second-order valence-electron chi connectivity index (χ2n) is 3.63. The van der Waals surface area contributed by atoms with Crippen molar-refractivity contribution in [2.75, 3.05) is 11.1 Å². The van der Waals surface area contributed by atoms with E-state index in [9.17, 15) is 4.79 Å². The fraction of sp³-hybridized carbons (Fsp3) is 0.0714. The molecule has 0 unspecified atom stereocenters. The molecular weight excluding hydrogens is 310 g/mol. The van der Waals surface area contributed by atoms with Crippen molar-refractivity contribution in [3.8, 4) is 0 Å². The fourth-order valence-corrected chi connectivity index (χ4v) is 2.52. The molecule has 2 rings (SSSR count). The van der Waals surface area contributed by atoms with Gasteiger partial charge in [-0.2, -0.15) is 0 Å². The van der Waals surface area contributed by atoms with Crippen molar-refractivity contribution in [1.29, 1.82) is 0 Å². The predicted molar refractivity (Wildman–Crippen MR) is 79.9 cm³/mol. The molecule has 0 aromatic heterocycles. The van der Waals surface area contributed by atoms with Crippen molar-refractivity contribution in [2.24, 2.45) is 0 Å². The van der Waals surface area contributed by atoms with Crippen LogP contribution in [0.15, 0.2) is 64.0 Å². The Kier molecular flexibility index (Phi) is 4.84. The van der Waals surface area contributed by atoms with Gasteiger partial charge in [0.05, 0.1) is 11.4 Å². The van der Waals surface area contributed by atoms with Gasteiger partial charge in [0.1, 0.15) is 0 Å². The zero-order valence-electron chi connectivity index (χ0n) is 9.60. The largest absolute Gasteiger partial charge is 0.324 e. The van der Waals surface area contributed by atoms with Crippen LogP contribution in [0, 0.1) is 0 Å². The fourth-order valence-electron chi connectivity index (χ4n) is 1.41. The van der Waals surface area contributed by atoms with E-state index in [1.807, 2.05) is 54.6 Å². The first-order valence-corrected chi connectivity index (χ1v) is 7.26. The average Bonchev–Trinajstić information content (AvgIpc) is 2.40. The Hall–Kier alpha value is -1.26. The Morgan fingerprint density at radius 1 is 1.06 bits per heavy atom. The minimum absolute atomic E-state index is 0.00393. The SMILES string of the molecule is O=C(CSc1ccccc1)Nc1ccccc1Br.